The number of ether oxygens (including phenoxy) is 2. The van der Waals surface area contributed by atoms with Crippen LogP contribution in [0.5, 0.6) is 0 Å². The van der Waals surface area contributed by atoms with E-state index in [0.717, 1.165) is 12.8 Å². The molecule has 1 amide bonds. The number of methoxy groups -OCH3 is 1. The summed E-state index contributed by atoms with van der Waals surface area (Å²) in [5.74, 6) is -0.192. The van der Waals surface area contributed by atoms with E-state index in [4.69, 9.17) is 21.1 Å². The zero-order valence-electron chi connectivity index (χ0n) is 18.9. The molecule has 0 aromatic carbocycles. The molecule has 2 rings (SSSR count). The van der Waals surface area contributed by atoms with Gasteiger partial charge in [-0.15, -0.1) is 0 Å². The molecule has 0 spiro atoms. The second kappa shape index (κ2) is 13.4. The van der Waals surface area contributed by atoms with Crippen LogP contribution in [-0.2, 0) is 19.1 Å². The van der Waals surface area contributed by atoms with Crippen molar-refractivity contribution in [2.45, 2.75) is 101 Å². The van der Waals surface area contributed by atoms with Crippen molar-refractivity contribution in [3.63, 3.8) is 0 Å². The van der Waals surface area contributed by atoms with Gasteiger partial charge in [-0.05, 0) is 25.7 Å². The molecule has 176 valence electrons. The van der Waals surface area contributed by atoms with Crippen molar-refractivity contribution in [1.82, 2.24) is 5.32 Å². The van der Waals surface area contributed by atoms with Gasteiger partial charge in [0.15, 0.2) is 11.4 Å². The van der Waals surface area contributed by atoms with E-state index < -0.39 is 17.8 Å². The highest BCUT2D eigenvalue weighted by Gasteiger charge is 2.68. The molecule has 1 saturated heterocycles. The normalized spacial score (nSPS) is 26.7. The van der Waals surface area contributed by atoms with Gasteiger partial charge in [-0.2, -0.15) is 0 Å². The number of unbranched alkanes of at least 4 members (excludes halogenated alkanes) is 4. The van der Waals surface area contributed by atoms with Crippen LogP contribution in [0.3, 0.4) is 0 Å². The van der Waals surface area contributed by atoms with Gasteiger partial charge < -0.3 is 19.9 Å². The van der Waals surface area contributed by atoms with Gasteiger partial charge >= 0.3 is 0 Å². The maximum Gasteiger partial charge on any atom is 0.220 e. The Morgan fingerprint density at radius 2 is 2.13 bits per heavy atom. The number of allylic oxidation sites excluding steroid dienone is 1. The SMILES string of the molecule is CCCCCCC[C@@H](C/C=C/CCC(=O)NC/C(=C/Cl)[C@]12O[C@H]1[C@H](O)CCC2=O)OC. The molecule has 0 radical (unpaired) electrons. The smallest absolute Gasteiger partial charge is 0.220 e. The highest BCUT2D eigenvalue weighted by Crippen LogP contribution is 2.50. The molecule has 1 heterocycles. The standard InChI is InChI=1S/C24H38ClNO5/c1-3-4-5-6-8-11-19(30-2)12-9-7-10-13-22(29)26-17-18(16-25)24-21(28)15-14-20(27)23(24)31-24/h7,9,16,19-20,23,27H,3-6,8,10-15,17H2,1-2H3,(H,26,29)/b9-7+,18-16-/t19-,20+,23-,24+/m0/s1. The minimum Gasteiger partial charge on any atom is -0.390 e. The van der Waals surface area contributed by atoms with Crippen molar-refractivity contribution >= 4 is 23.3 Å². The number of halogens is 1. The summed E-state index contributed by atoms with van der Waals surface area (Å²) in [5, 5.41) is 12.8. The molecule has 0 bridgehead atoms. The first kappa shape index (κ1) is 26.0. The van der Waals surface area contributed by atoms with Crippen molar-refractivity contribution < 1.29 is 24.2 Å². The van der Waals surface area contributed by atoms with Gasteiger partial charge in [-0.1, -0.05) is 62.8 Å². The van der Waals surface area contributed by atoms with Gasteiger partial charge in [0.1, 0.15) is 6.10 Å². The lowest BCUT2D eigenvalue weighted by atomic mass is 9.81. The Morgan fingerprint density at radius 3 is 2.84 bits per heavy atom. The minimum absolute atomic E-state index is 0.0788. The molecule has 0 aromatic rings. The molecule has 0 aromatic heterocycles. The maximum absolute atomic E-state index is 12.3. The number of epoxide rings is 1. The molecule has 1 aliphatic heterocycles. The van der Waals surface area contributed by atoms with Crippen LogP contribution in [0.2, 0.25) is 0 Å². The molecule has 6 nitrogen and oxygen atoms in total. The van der Waals surface area contributed by atoms with E-state index in [9.17, 15) is 14.7 Å². The Morgan fingerprint density at radius 1 is 1.35 bits per heavy atom. The van der Waals surface area contributed by atoms with Crippen molar-refractivity contribution in [3.05, 3.63) is 23.3 Å². The Kier molecular flexibility index (Phi) is 11.2. The molecule has 31 heavy (non-hydrogen) atoms. The van der Waals surface area contributed by atoms with Crippen molar-refractivity contribution in [3.8, 4) is 0 Å². The van der Waals surface area contributed by atoms with E-state index >= 15 is 0 Å². The van der Waals surface area contributed by atoms with Crippen molar-refractivity contribution in [1.29, 1.82) is 0 Å². The van der Waals surface area contributed by atoms with E-state index in [1.54, 1.807) is 7.11 Å². The highest BCUT2D eigenvalue weighted by molar-refractivity contribution is 6.26. The van der Waals surface area contributed by atoms with Crippen LogP contribution in [-0.4, -0.2) is 54.4 Å². The summed E-state index contributed by atoms with van der Waals surface area (Å²) in [6.45, 7) is 2.36. The first-order valence-corrected chi connectivity index (χ1v) is 12.1. The number of carbonyl (C=O) groups is 2. The van der Waals surface area contributed by atoms with Gasteiger partial charge in [0, 0.05) is 37.6 Å². The third-order valence-electron chi connectivity index (χ3n) is 6.24. The van der Waals surface area contributed by atoms with Crippen LogP contribution in [0.25, 0.3) is 0 Å². The summed E-state index contributed by atoms with van der Waals surface area (Å²) < 4.78 is 11.1. The minimum atomic E-state index is -1.14. The largest absolute Gasteiger partial charge is 0.390 e. The molecule has 1 aliphatic carbocycles. The van der Waals surface area contributed by atoms with E-state index in [0.29, 0.717) is 24.8 Å². The molecule has 4 atom stereocenters. The lowest BCUT2D eigenvalue weighted by Crippen LogP contribution is -2.42. The number of hydrogen-bond donors (Lipinski definition) is 2. The summed E-state index contributed by atoms with van der Waals surface area (Å²) in [5.41, 5.74) is 0.662. The average molecular weight is 456 g/mol. The number of aliphatic hydroxyl groups excluding tert-OH is 1. The van der Waals surface area contributed by atoms with Gasteiger partial charge in [0.05, 0.1) is 12.2 Å². The number of fused-ring (bicyclic) bond motifs is 1. The molecule has 2 N–H and O–H groups in total. The van der Waals surface area contributed by atoms with E-state index in [1.165, 1.54) is 37.6 Å². The zero-order valence-corrected chi connectivity index (χ0v) is 19.7. The fourth-order valence-electron chi connectivity index (χ4n) is 4.21. The highest BCUT2D eigenvalue weighted by atomic mass is 35.5. The van der Waals surface area contributed by atoms with Crippen molar-refractivity contribution in [2.75, 3.05) is 13.7 Å². The molecular weight excluding hydrogens is 418 g/mol. The molecule has 2 aliphatic rings. The second-order valence-electron chi connectivity index (χ2n) is 8.52. The lowest BCUT2D eigenvalue weighted by molar-refractivity contribution is -0.124. The Bertz CT molecular complexity index is 650. The number of rotatable bonds is 15. The summed E-state index contributed by atoms with van der Waals surface area (Å²) >= 11 is 5.91. The predicted octanol–water partition coefficient (Wildman–Crippen LogP) is 4.19. The number of nitrogens with one attached hydrogen (secondary N) is 1. The van der Waals surface area contributed by atoms with Gasteiger partial charge in [0.2, 0.25) is 5.91 Å². The predicted molar refractivity (Wildman–Crippen MR) is 122 cm³/mol. The first-order chi connectivity index (χ1) is 15.0. The third-order valence-corrected chi connectivity index (χ3v) is 6.50. The average Bonchev–Trinajstić information content (AvgIpc) is 3.53. The topological polar surface area (TPSA) is 88.2 Å². The van der Waals surface area contributed by atoms with Crippen LogP contribution in [0.1, 0.15) is 77.6 Å². The number of carbonyl (C=O) groups excluding carboxylic acids is 2. The molecular formula is C24H38ClNO5. The molecule has 0 unspecified atom stereocenters. The fourth-order valence-corrected chi connectivity index (χ4v) is 4.45. The zero-order chi connectivity index (χ0) is 22.7. The van der Waals surface area contributed by atoms with Crippen LogP contribution in [0, 0.1) is 0 Å². The summed E-state index contributed by atoms with van der Waals surface area (Å²) in [6, 6.07) is 0. The van der Waals surface area contributed by atoms with Gasteiger partial charge in [-0.3, -0.25) is 9.59 Å². The maximum atomic E-state index is 12.3. The number of ketones is 1. The fraction of sp³-hybridized carbons (Fsp3) is 0.750. The lowest BCUT2D eigenvalue weighted by Gasteiger charge is -2.22. The van der Waals surface area contributed by atoms with Gasteiger partial charge in [0.25, 0.3) is 0 Å². The van der Waals surface area contributed by atoms with Crippen LogP contribution < -0.4 is 5.32 Å². The van der Waals surface area contributed by atoms with E-state index in [1.807, 2.05) is 6.08 Å². The Balaban J connectivity index is 1.64. The first-order valence-electron chi connectivity index (χ1n) is 11.6. The quantitative estimate of drug-likeness (QED) is 0.219. The summed E-state index contributed by atoms with van der Waals surface area (Å²) in [6.07, 6.45) is 13.0. The molecule has 2 fully saturated rings. The van der Waals surface area contributed by atoms with Crippen LogP contribution in [0.15, 0.2) is 23.3 Å². The van der Waals surface area contributed by atoms with Gasteiger partial charge in [-0.25, -0.2) is 0 Å². The van der Waals surface area contributed by atoms with Crippen LogP contribution in [0.4, 0.5) is 0 Å². The van der Waals surface area contributed by atoms with Crippen molar-refractivity contribution in [2.24, 2.45) is 0 Å². The Hall–Kier alpha value is -1.21. The summed E-state index contributed by atoms with van der Waals surface area (Å²) in [4.78, 5) is 24.5. The molecule has 7 heteroatoms. The number of aliphatic hydroxyl groups is 1. The van der Waals surface area contributed by atoms with E-state index in [-0.39, 0.29) is 30.8 Å². The second-order valence-corrected chi connectivity index (χ2v) is 8.74. The van der Waals surface area contributed by atoms with Crippen LogP contribution >= 0.6 is 11.6 Å². The summed E-state index contributed by atoms with van der Waals surface area (Å²) in [7, 11) is 1.75. The monoisotopic (exact) mass is 455 g/mol. The number of hydrogen-bond acceptors (Lipinski definition) is 5. The van der Waals surface area contributed by atoms with E-state index in [2.05, 4.69) is 18.3 Å². The molecule has 1 saturated carbocycles. The Labute approximate surface area is 191 Å². The number of amides is 1. The number of Topliss-reactive ketones (excluding diaryl/α,β-unsaturated/α-hetero) is 1. The third kappa shape index (κ3) is 7.41.